The molecule has 0 saturated carbocycles. The number of nitrogen functional groups attached to an aromatic ring is 1. The molecule has 0 radical (unpaired) electrons. The minimum atomic E-state index is -0.0106. The summed E-state index contributed by atoms with van der Waals surface area (Å²) < 4.78 is 1.65. The molecule has 0 spiro atoms. The summed E-state index contributed by atoms with van der Waals surface area (Å²) in [6, 6.07) is 3.58. The number of hydrogen-bond acceptors (Lipinski definition) is 3. The smallest absolute Gasteiger partial charge is 0.126 e. The van der Waals surface area contributed by atoms with Gasteiger partial charge in [-0.2, -0.15) is 5.10 Å². The van der Waals surface area contributed by atoms with Gasteiger partial charge in [-0.05, 0) is 12.1 Å². The van der Waals surface area contributed by atoms with Gasteiger partial charge in [0, 0.05) is 24.8 Å². The largest absolute Gasteiger partial charge is 0.384 e. The average Bonchev–Trinajstić information content (AvgIpc) is 2.70. The van der Waals surface area contributed by atoms with E-state index in [1.807, 2.05) is 6.07 Å². The van der Waals surface area contributed by atoms with Crippen LogP contribution in [0.2, 0.25) is 0 Å². The minimum Gasteiger partial charge on any atom is -0.384 e. The Kier molecular flexibility index (Phi) is 1.98. The second-order valence-corrected chi connectivity index (χ2v) is 2.76. The van der Waals surface area contributed by atoms with Gasteiger partial charge >= 0.3 is 0 Å². The molecule has 3 N–H and O–H groups in total. The molecule has 14 heavy (non-hydrogen) atoms. The molecule has 2 aromatic rings. The molecule has 2 aromatic heterocycles. The lowest BCUT2D eigenvalue weighted by Crippen LogP contribution is -2.15. The van der Waals surface area contributed by atoms with Crippen LogP contribution in [0.25, 0.3) is 5.69 Å². The molecule has 2 rings (SSSR count). The molecule has 0 unspecified atom stereocenters. The van der Waals surface area contributed by atoms with Crippen molar-refractivity contribution in [2.24, 2.45) is 5.73 Å². The third kappa shape index (κ3) is 1.35. The molecular formula is C9H9N5. The van der Waals surface area contributed by atoms with Gasteiger partial charge in [0.05, 0.1) is 11.3 Å². The highest BCUT2D eigenvalue weighted by molar-refractivity contribution is 5.98. The number of rotatable bonds is 2. The maximum atomic E-state index is 7.38. The van der Waals surface area contributed by atoms with Crippen LogP contribution in [0, 0.1) is 5.41 Å². The molecule has 0 amide bonds. The molecule has 0 atom stereocenters. The molecule has 70 valence electrons. The molecule has 0 aromatic carbocycles. The number of nitrogens with one attached hydrogen (secondary N) is 1. The number of hydrogen-bond donors (Lipinski definition) is 2. The van der Waals surface area contributed by atoms with E-state index >= 15 is 0 Å². The van der Waals surface area contributed by atoms with E-state index in [4.69, 9.17) is 11.1 Å². The summed E-state index contributed by atoms with van der Waals surface area (Å²) in [4.78, 5) is 3.91. The lowest BCUT2D eigenvalue weighted by Gasteiger charge is -2.06. The lowest BCUT2D eigenvalue weighted by atomic mass is 10.2. The summed E-state index contributed by atoms with van der Waals surface area (Å²) >= 11 is 0. The summed E-state index contributed by atoms with van der Waals surface area (Å²) in [6.07, 6.45) is 6.66. The molecule has 0 fully saturated rings. The number of aromatic nitrogens is 3. The normalized spacial score (nSPS) is 10.0. The molecule has 5 nitrogen and oxygen atoms in total. The van der Waals surface area contributed by atoms with E-state index in [9.17, 15) is 0 Å². The third-order valence-electron chi connectivity index (χ3n) is 1.84. The summed E-state index contributed by atoms with van der Waals surface area (Å²) in [5, 5.41) is 11.4. The van der Waals surface area contributed by atoms with E-state index in [1.54, 1.807) is 35.5 Å². The topological polar surface area (TPSA) is 80.6 Å². The summed E-state index contributed by atoms with van der Waals surface area (Å²) in [6.45, 7) is 0. The average molecular weight is 187 g/mol. The van der Waals surface area contributed by atoms with Crippen molar-refractivity contribution in [2.75, 3.05) is 0 Å². The Morgan fingerprint density at radius 2 is 2.29 bits per heavy atom. The Bertz CT molecular complexity index is 446. The van der Waals surface area contributed by atoms with Crippen LogP contribution in [0.3, 0.4) is 0 Å². The second-order valence-electron chi connectivity index (χ2n) is 2.76. The molecular weight excluding hydrogens is 178 g/mol. The van der Waals surface area contributed by atoms with Crippen molar-refractivity contribution in [3.63, 3.8) is 0 Å². The van der Waals surface area contributed by atoms with Crippen LogP contribution >= 0.6 is 0 Å². The van der Waals surface area contributed by atoms with Gasteiger partial charge in [-0.1, -0.05) is 0 Å². The van der Waals surface area contributed by atoms with Crippen molar-refractivity contribution >= 4 is 5.84 Å². The number of pyridine rings is 1. The van der Waals surface area contributed by atoms with Gasteiger partial charge < -0.3 is 5.73 Å². The van der Waals surface area contributed by atoms with Crippen LogP contribution in [0.15, 0.2) is 36.9 Å². The van der Waals surface area contributed by atoms with Crippen molar-refractivity contribution in [2.45, 2.75) is 0 Å². The lowest BCUT2D eigenvalue weighted by molar-refractivity contribution is 0.874. The molecule has 0 aliphatic rings. The van der Waals surface area contributed by atoms with Crippen molar-refractivity contribution in [1.29, 1.82) is 5.41 Å². The zero-order valence-electron chi connectivity index (χ0n) is 7.38. The second kappa shape index (κ2) is 3.29. The minimum absolute atomic E-state index is 0.0106. The maximum Gasteiger partial charge on any atom is 0.126 e. The zero-order valence-corrected chi connectivity index (χ0v) is 7.38. The predicted molar refractivity (Wildman–Crippen MR) is 52.4 cm³/mol. The van der Waals surface area contributed by atoms with E-state index in [0.717, 1.165) is 5.69 Å². The Morgan fingerprint density at radius 1 is 1.43 bits per heavy atom. The number of nitrogens with zero attached hydrogens (tertiary/aromatic N) is 3. The maximum absolute atomic E-state index is 7.38. The van der Waals surface area contributed by atoms with E-state index in [-0.39, 0.29) is 5.84 Å². The van der Waals surface area contributed by atoms with Gasteiger partial charge in [0.2, 0.25) is 0 Å². The molecule has 2 heterocycles. The fraction of sp³-hybridized carbons (Fsp3) is 0. The predicted octanol–water partition coefficient (Wildman–Crippen LogP) is 0.551. The van der Waals surface area contributed by atoms with Crippen LogP contribution in [-0.2, 0) is 0 Å². The van der Waals surface area contributed by atoms with E-state index in [2.05, 4.69) is 10.1 Å². The van der Waals surface area contributed by atoms with Crippen LogP contribution in [0.5, 0.6) is 0 Å². The van der Waals surface area contributed by atoms with Gasteiger partial charge in [-0.25, -0.2) is 4.68 Å². The van der Waals surface area contributed by atoms with E-state index in [1.165, 1.54) is 0 Å². The summed E-state index contributed by atoms with van der Waals surface area (Å²) in [5.74, 6) is -0.0106. The van der Waals surface area contributed by atoms with Crippen LogP contribution < -0.4 is 5.73 Å². The SMILES string of the molecule is N=C(N)c1cnccc1-n1cccn1. The van der Waals surface area contributed by atoms with Crippen molar-refractivity contribution in [3.05, 3.63) is 42.5 Å². The van der Waals surface area contributed by atoms with Gasteiger partial charge in [0.25, 0.3) is 0 Å². The van der Waals surface area contributed by atoms with Gasteiger partial charge in [-0.3, -0.25) is 10.4 Å². The van der Waals surface area contributed by atoms with Crippen LogP contribution in [0.1, 0.15) is 5.56 Å². The summed E-state index contributed by atoms with van der Waals surface area (Å²) in [7, 11) is 0. The van der Waals surface area contributed by atoms with Gasteiger partial charge in [0.15, 0.2) is 0 Å². The number of nitrogens with two attached hydrogens (primary N) is 1. The van der Waals surface area contributed by atoms with Crippen LogP contribution in [-0.4, -0.2) is 20.6 Å². The first kappa shape index (κ1) is 8.43. The fourth-order valence-electron chi connectivity index (χ4n) is 1.21. The van der Waals surface area contributed by atoms with Crippen molar-refractivity contribution in [1.82, 2.24) is 14.8 Å². The Balaban J connectivity index is 2.58. The first-order valence-corrected chi connectivity index (χ1v) is 4.07. The Morgan fingerprint density at radius 3 is 2.93 bits per heavy atom. The first-order chi connectivity index (χ1) is 6.79. The molecule has 0 bridgehead atoms. The number of amidine groups is 1. The Labute approximate surface area is 80.7 Å². The highest BCUT2D eigenvalue weighted by Crippen LogP contribution is 2.10. The third-order valence-corrected chi connectivity index (χ3v) is 1.84. The van der Waals surface area contributed by atoms with Crippen LogP contribution in [0.4, 0.5) is 0 Å². The first-order valence-electron chi connectivity index (χ1n) is 4.07. The molecule has 0 aliphatic carbocycles. The zero-order chi connectivity index (χ0) is 9.97. The van der Waals surface area contributed by atoms with Gasteiger partial charge in [0.1, 0.15) is 5.84 Å². The molecule has 5 heteroatoms. The van der Waals surface area contributed by atoms with Crippen molar-refractivity contribution in [3.8, 4) is 5.69 Å². The fourth-order valence-corrected chi connectivity index (χ4v) is 1.21. The van der Waals surface area contributed by atoms with Gasteiger partial charge in [-0.15, -0.1) is 0 Å². The Hall–Kier alpha value is -2.17. The quantitative estimate of drug-likeness (QED) is 0.532. The van der Waals surface area contributed by atoms with E-state index < -0.39 is 0 Å². The molecule has 0 aliphatic heterocycles. The highest BCUT2D eigenvalue weighted by atomic mass is 15.3. The monoisotopic (exact) mass is 187 g/mol. The highest BCUT2D eigenvalue weighted by Gasteiger charge is 2.06. The molecule has 0 saturated heterocycles. The summed E-state index contributed by atoms with van der Waals surface area (Å²) in [5.41, 5.74) is 6.76. The van der Waals surface area contributed by atoms with E-state index in [0.29, 0.717) is 5.56 Å². The van der Waals surface area contributed by atoms with Crippen molar-refractivity contribution < 1.29 is 0 Å². The standard InChI is InChI=1S/C9H9N5/c10-9(11)7-6-12-4-2-8(7)14-5-1-3-13-14/h1-6H,(H3,10,11).